The number of nitrogens with zero attached hydrogens (tertiary/aromatic N) is 2. The number of hydrogen-bond acceptors (Lipinski definition) is 5. The van der Waals surface area contributed by atoms with Crippen molar-refractivity contribution in [1.82, 2.24) is 10.1 Å². The number of nitrogens with two attached hydrogens (primary N) is 1. The van der Waals surface area contributed by atoms with Gasteiger partial charge in [0.15, 0.2) is 5.82 Å². The summed E-state index contributed by atoms with van der Waals surface area (Å²) in [5, 5.41) is 3.73. The Morgan fingerprint density at radius 1 is 1.31 bits per heavy atom. The lowest BCUT2D eigenvalue weighted by molar-refractivity contribution is 0.379. The van der Waals surface area contributed by atoms with Gasteiger partial charge in [-0.2, -0.15) is 4.98 Å². The standard InChI is InChI=1S/C11H13N3O2/c1-15-9-4-2-8(3-5-9)6-11-13-10(7-12)14-16-11/h2-5H,6-7,12H2,1H3. The first-order chi connectivity index (χ1) is 7.81. The van der Waals surface area contributed by atoms with Crippen molar-refractivity contribution >= 4 is 0 Å². The second-order valence-electron chi connectivity index (χ2n) is 3.33. The summed E-state index contributed by atoms with van der Waals surface area (Å²) >= 11 is 0. The number of benzene rings is 1. The molecule has 0 radical (unpaired) electrons. The van der Waals surface area contributed by atoms with Gasteiger partial charge in [-0.25, -0.2) is 0 Å². The molecule has 0 unspecified atom stereocenters. The van der Waals surface area contributed by atoms with Crippen molar-refractivity contribution in [3.63, 3.8) is 0 Å². The summed E-state index contributed by atoms with van der Waals surface area (Å²) in [7, 11) is 1.64. The zero-order chi connectivity index (χ0) is 11.4. The molecule has 0 amide bonds. The van der Waals surface area contributed by atoms with E-state index in [1.54, 1.807) is 7.11 Å². The topological polar surface area (TPSA) is 74.2 Å². The zero-order valence-electron chi connectivity index (χ0n) is 9.01. The molecule has 0 fully saturated rings. The van der Waals surface area contributed by atoms with E-state index < -0.39 is 0 Å². The molecule has 5 heteroatoms. The third kappa shape index (κ3) is 2.38. The molecule has 0 atom stereocenters. The van der Waals surface area contributed by atoms with Gasteiger partial charge in [0, 0.05) is 0 Å². The summed E-state index contributed by atoms with van der Waals surface area (Å²) in [4.78, 5) is 4.13. The smallest absolute Gasteiger partial charge is 0.231 e. The molecule has 0 spiro atoms. The van der Waals surface area contributed by atoms with E-state index in [-0.39, 0.29) is 0 Å². The molecular weight excluding hydrogens is 206 g/mol. The summed E-state index contributed by atoms with van der Waals surface area (Å²) in [6.07, 6.45) is 0.608. The Morgan fingerprint density at radius 3 is 2.62 bits per heavy atom. The minimum Gasteiger partial charge on any atom is -0.497 e. The molecule has 0 saturated carbocycles. The molecule has 0 aliphatic carbocycles. The molecular formula is C11H13N3O2. The van der Waals surface area contributed by atoms with Crippen LogP contribution in [0.5, 0.6) is 5.75 Å². The molecule has 16 heavy (non-hydrogen) atoms. The van der Waals surface area contributed by atoms with E-state index in [0.29, 0.717) is 24.7 Å². The monoisotopic (exact) mass is 219 g/mol. The Labute approximate surface area is 93.2 Å². The predicted molar refractivity (Wildman–Crippen MR) is 58.0 cm³/mol. The lowest BCUT2D eigenvalue weighted by Crippen LogP contribution is -1.98. The Hall–Kier alpha value is -1.88. The molecule has 0 bridgehead atoms. The van der Waals surface area contributed by atoms with Gasteiger partial charge in [0.25, 0.3) is 0 Å². The number of hydrogen-bond donors (Lipinski definition) is 1. The van der Waals surface area contributed by atoms with Crippen LogP contribution in [0.1, 0.15) is 17.3 Å². The summed E-state index contributed by atoms with van der Waals surface area (Å²) in [6, 6.07) is 7.72. The summed E-state index contributed by atoms with van der Waals surface area (Å²) < 4.78 is 10.1. The highest BCUT2D eigenvalue weighted by atomic mass is 16.5. The van der Waals surface area contributed by atoms with E-state index in [0.717, 1.165) is 11.3 Å². The van der Waals surface area contributed by atoms with Crippen molar-refractivity contribution in [3.05, 3.63) is 41.5 Å². The Morgan fingerprint density at radius 2 is 2.06 bits per heavy atom. The summed E-state index contributed by atoms with van der Waals surface area (Å²) in [5.74, 6) is 1.94. The number of ether oxygens (including phenoxy) is 1. The Kier molecular flexibility index (Phi) is 3.16. The van der Waals surface area contributed by atoms with Crippen LogP contribution in [-0.2, 0) is 13.0 Å². The first kappa shape index (κ1) is 10.6. The SMILES string of the molecule is COc1ccc(Cc2nc(CN)no2)cc1. The van der Waals surface area contributed by atoms with Gasteiger partial charge in [-0.3, -0.25) is 0 Å². The average Bonchev–Trinajstić information content (AvgIpc) is 2.78. The third-order valence-electron chi connectivity index (χ3n) is 2.21. The molecule has 1 aromatic carbocycles. The van der Waals surface area contributed by atoms with Crippen molar-refractivity contribution < 1.29 is 9.26 Å². The maximum absolute atomic E-state index is 5.39. The van der Waals surface area contributed by atoms with E-state index in [1.165, 1.54) is 0 Å². The van der Waals surface area contributed by atoms with Gasteiger partial charge in [0.2, 0.25) is 5.89 Å². The Balaban J connectivity index is 2.08. The van der Waals surface area contributed by atoms with Crippen molar-refractivity contribution in [3.8, 4) is 5.75 Å². The van der Waals surface area contributed by atoms with Crippen molar-refractivity contribution in [2.75, 3.05) is 7.11 Å². The van der Waals surface area contributed by atoms with Gasteiger partial charge in [-0.15, -0.1) is 0 Å². The highest BCUT2D eigenvalue weighted by Gasteiger charge is 2.05. The van der Waals surface area contributed by atoms with Crippen LogP contribution in [-0.4, -0.2) is 17.3 Å². The predicted octanol–water partition coefficient (Wildman–Crippen LogP) is 1.13. The molecule has 2 rings (SSSR count). The molecule has 1 aromatic heterocycles. The van der Waals surface area contributed by atoms with E-state index in [4.69, 9.17) is 15.0 Å². The first-order valence-electron chi connectivity index (χ1n) is 4.96. The average molecular weight is 219 g/mol. The van der Waals surface area contributed by atoms with Crippen LogP contribution < -0.4 is 10.5 Å². The molecule has 2 N–H and O–H groups in total. The van der Waals surface area contributed by atoms with Gasteiger partial charge in [0.1, 0.15) is 5.75 Å². The minimum atomic E-state index is 0.298. The number of methoxy groups -OCH3 is 1. The molecule has 0 aliphatic heterocycles. The highest BCUT2D eigenvalue weighted by molar-refractivity contribution is 5.28. The van der Waals surface area contributed by atoms with E-state index >= 15 is 0 Å². The van der Waals surface area contributed by atoms with E-state index in [9.17, 15) is 0 Å². The van der Waals surface area contributed by atoms with E-state index in [2.05, 4.69) is 10.1 Å². The maximum Gasteiger partial charge on any atom is 0.231 e. The normalized spacial score (nSPS) is 10.4. The quantitative estimate of drug-likeness (QED) is 0.834. The number of rotatable bonds is 4. The Bertz CT molecular complexity index is 451. The molecule has 2 aromatic rings. The van der Waals surface area contributed by atoms with Gasteiger partial charge < -0.3 is 15.0 Å². The molecule has 5 nitrogen and oxygen atoms in total. The molecule has 0 aliphatic rings. The van der Waals surface area contributed by atoms with Gasteiger partial charge >= 0.3 is 0 Å². The minimum absolute atomic E-state index is 0.298. The van der Waals surface area contributed by atoms with Crippen LogP contribution in [0.2, 0.25) is 0 Å². The van der Waals surface area contributed by atoms with Gasteiger partial charge in [-0.05, 0) is 17.7 Å². The third-order valence-corrected chi connectivity index (χ3v) is 2.21. The van der Waals surface area contributed by atoms with Crippen LogP contribution >= 0.6 is 0 Å². The lowest BCUT2D eigenvalue weighted by atomic mass is 10.1. The molecule has 1 heterocycles. The highest BCUT2D eigenvalue weighted by Crippen LogP contribution is 2.13. The van der Waals surface area contributed by atoms with Crippen LogP contribution in [0.3, 0.4) is 0 Å². The largest absolute Gasteiger partial charge is 0.497 e. The van der Waals surface area contributed by atoms with Crippen LogP contribution in [0, 0.1) is 0 Å². The second-order valence-corrected chi connectivity index (χ2v) is 3.33. The van der Waals surface area contributed by atoms with Gasteiger partial charge in [-0.1, -0.05) is 17.3 Å². The zero-order valence-corrected chi connectivity index (χ0v) is 9.01. The molecule has 84 valence electrons. The van der Waals surface area contributed by atoms with Crippen LogP contribution in [0.25, 0.3) is 0 Å². The fourth-order valence-corrected chi connectivity index (χ4v) is 1.36. The van der Waals surface area contributed by atoms with E-state index in [1.807, 2.05) is 24.3 Å². The van der Waals surface area contributed by atoms with Crippen LogP contribution in [0.4, 0.5) is 0 Å². The first-order valence-corrected chi connectivity index (χ1v) is 4.96. The lowest BCUT2D eigenvalue weighted by Gasteiger charge is -2.00. The summed E-state index contributed by atoms with van der Waals surface area (Å²) in [6.45, 7) is 0.298. The maximum atomic E-state index is 5.39. The summed E-state index contributed by atoms with van der Waals surface area (Å²) in [5.41, 5.74) is 6.48. The fraction of sp³-hybridized carbons (Fsp3) is 0.273. The van der Waals surface area contributed by atoms with Crippen molar-refractivity contribution in [2.24, 2.45) is 5.73 Å². The molecule has 0 saturated heterocycles. The second kappa shape index (κ2) is 4.76. The fourth-order valence-electron chi connectivity index (χ4n) is 1.36. The van der Waals surface area contributed by atoms with Gasteiger partial charge in [0.05, 0.1) is 20.1 Å². The van der Waals surface area contributed by atoms with Crippen LogP contribution in [0.15, 0.2) is 28.8 Å². The van der Waals surface area contributed by atoms with Crippen molar-refractivity contribution in [2.45, 2.75) is 13.0 Å². The van der Waals surface area contributed by atoms with Crippen molar-refractivity contribution in [1.29, 1.82) is 0 Å². The number of aromatic nitrogens is 2.